The predicted octanol–water partition coefficient (Wildman–Crippen LogP) is -1.88. The fraction of sp³-hybridized carbons (Fsp3) is 0.529. The van der Waals surface area contributed by atoms with Crippen molar-refractivity contribution in [1.29, 1.82) is 0 Å². The summed E-state index contributed by atoms with van der Waals surface area (Å²) in [4.78, 5) is 33.9. The third kappa shape index (κ3) is 4.83. The van der Waals surface area contributed by atoms with Crippen molar-refractivity contribution in [1.82, 2.24) is 5.32 Å². The summed E-state index contributed by atoms with van der Waals surface area (Å²) < 4.78 is 10.7. The van der Waals surface area contributed by atoms with Gasteiger partial charge in [-0.05, 0) is 6.07 Å². The number of carbonyl (C=O) groups excluding carboxylic acids is 1. The van der Waals surface area contributed by atoms with Gasteiger partial charge < -0.3 is 40.3 Å². The van der Waals surface area contributed by atoms with E-state index in [0.29, 0.717) is 0 Å². The van der Waals surface area contributed by atoms with Crippen LogP contribution in [-0.2, 0) is 14.3 Å². The number of ether oxygens (including phenoxy) is 2. The molecule has 1 amide bonds. The molecule has 0 saturated carbocycles. The lowest BCUT2D eigenvalue weighted by molar-refractivity contribution is -0.387. The van der Waals surface area contributed by atoms with E-state index in [0.717, 1.165) is 19.1 Å². The second kappa shape index (κ2) is 9.32. The van der Waals surface area contributed by atoms with E-state index in [1.54, 1.807) is 0 Å². The minimum absolute atomic E-state index is 0.481. The molecule has 0 spiro atoms. The molecular weight excluding hydrogens is 408 g/mol. The number of amides is 1. The first-order chi connectivity index (χ1) is 14.0. The van der Waals surface area contributed by atoms with E-state index >= 15 is 0 Å². The SMILES string of the molecule is CC(=O)NC1C(O)CC(Oc2ccccc2[N+](=O)[O-])(C(=O)O)OC1C(O)C(O)CO. The molecule has 1 heterocycles. The van der Waals surface area contributed by atoms with Crippen LogP contribution in [0.4, 0.5) is 5.69 Å². The largest absolute Gasteiger partial charge is 0.476 e. The molecule has 1 aliphatic heterocycles. The first kappa shape index (κ1) is 23.4. The van der Waals surface area contributed by atoms with Gasteiger partial charge in [0, 0.05) is 13.0 Å². The Morgan fingerprint density at radius 3 is 2.57 bits per heavy atom. The molecule has 166 valence electrons. The zero-order valence-corrected chi connectivity index (χ0v) is 15.7. The van der Waals surface area contributed by atoms with Crippen molar-refractivity contribution in [3.63, 3.8) is 0 Å². The van der Waals surface area contributed by atoms with Gasteiger partial charge in [-0.15, -0.1) is 0 Å². The number of nitro groups is 1. The Morgan fingerprint density at radius 2 is 2.03 bits per heavy atom. The molecule has 30 heavy (non-hydrogen) atoms. The Bertz CT molecular complexity index is 804. The van der Waals surface area contributed by atoms with Gasteiger partial charge in [0.25, 0.3) is 0 Å². The van der Waals surface area contributed by atoms with Crippen molar-refractivity contribution < 1.29 is 49.5 Å². The predicted molar refractivity (Wildman–Crippen MR) is 96.3 cm³/mol. The summed E-state index contributed by atoms with van der Waals surface area (Å²) in [7, 11) is 0. The highest BCUT2D eigenvalue weighted by Crippen LogP contribution is 2.37. The number of benzene rings is 1. The number of hydrogen-bond donors (Lipinski definition) is 6. The van der Waals surface area contributed by atoms with Gasteiger partial charge in [-0.2, -0.15) is 0 Å². The van der Waals surface area contributed by atoms with E-state index in [9.17, 15) is 40.1 Å². The molecule has 1 aliphatic rings. The minimum atomic E-state index is -2.71. The highest BCUT2D eigenvalue weighted by atomic mass is 16.7. The van der Waals surface area contributed by atoms with Crippen LogP contribution in [0.2, 0.25) is 0 Å². The summed E-state index contributed by atoms with van der Waals surface area (Å²) in [5.41, 5.74) is -0.576. The molecule has 1 fully saturated rings. The van der Waals surface area contributed by atoms with E-state index in [1.165, 1.54) is 12.1 Å². The average molecular weight is 430 g/mol. The number of para-hydroxylation sites is 2. The van der Waals surface area contributed by atoms with Crippen molar-refractivity contribution in [3.8, 4) is 5.75 Å². The number of carboxylic acids is 1. The second-order valence-corrected chi connectivity index (χ2v) is 6.71. The smallest absolute Gasteiger partial charge is 0.377 e. The number of carboxylic acid groups (broad SMARTS) is 1. The molecule has 2 rings (SSSR count). The molecule has 6 atom stereocenters. The van der Waals surface area contributed by atoms with E-state index in [4.69, 9.17) is 14.6 Å². The van der Waals surface area contributed by atoms with Crippen LogP contribution in [0, 0.1) is 10.1 Å². The standard InChI is InChI=1S/C17H22N2O11/c1-8(21)18-13-10(22)6-17(16(25)26,30-15(13)14(24)11(23)7-20)29-12-5-3-2-4-9(12)19(27)28/h2-5,10-11,13-15,20,22-24H,6-7H2,1H3,(H,18,21)(H,25,26). The summed E-state index contributed by atoms with van der Waals surface area (Å²) in [5, 5.41) is 63.0. The summed E-state index contributed by atoms with van der Waals surface area (Å²) in [6.45, 7) is 0.163. The van der Waals surface area contributed by atoms with Crippen molar-refractivity contribution in [3.05, 3.63) is 34.4 Å². The molecule has 0 radical (unpaired) electrons. The van der Waals surface area contributed by atoms with Crippen LogP contribution in [0.3, 0.4) is 0 Å². The molecule has 0 bridgehead atoms. The van der Waals surface area contributed by atoms with Gasteiger partial charge in [0.05, 0.1) is 30.1 Å². The number of aliphatic hydroxyl groups is 4. The number of carbonyl (C=O) groups is 2. The van der Waals surface area contributed by atoms with Crippen LogP contribution in [-0.4, -0.2) is 85.2 Å². The zero-order chi connectivity index (χ0) is 22.6. The molecular formula is C17H22N2O11. The topological polar surface area (TPSA) is 209 Å². The number of rotatable bonds is 8. The van der Waals surface area contributed by atoms with E-state index in [2.05, 4.69) is 5.32 Å². The molecule has 1 aromatic carbocycles. The summed E-state index contributed by atoms with van der Waals surface area (Å²) in [5.74, 6) is -5.62. The van der Waals surface area contributed by atoms with Crippen LogP contribution in [0.5, 0.6) is 5.75 Å². The number of hydrogen-bond acceptors (Lipinski definition) is 10. The lowest BCUT2D eigenvalue weighted by atomic mass is 9.88. The fourth-order valence-corrected chi connectivity index (χ4v) is 3.10. The molecule has 6 N–H and O–H groups in total. The van der Waals surface area contributed by atoms with E-state index in [1.807, 2.05) is 0 Å². The van der Waals surface area contributed by atoms with Gasteiger partial charge in [0.2, 0.25) is 11.7 Å². The monoisotopic (exact) mass is 430 g/mol. The van der Waals surface area contributed by atoms with Crippen LogP contribution in [0.15, 0.2) is 24.3 Å². The third-order valence-corrected chi connectivity index (χ3v) is 4.52. The maximum atomic E-state index is 12.0. The molecule has 1 aromatic rings. The fourth-order valence-electron chi connectivity index (χ4n) is 3.10. The molecule has 0 aliphatic carbocycles. The van der Waals surface area contributed by atoms with Gasteiger partial charge >= 0.3 is 17.4 Å². The Morgan fingerprint density at radius 1 is 1.40 bits per heavy atom. The summed E-state index contributed by atoms with van der Waals surface area (Å²) in [6.07, 6.45) is -7.95. The summed E-state index contributed by atoms with van der Waals surface area (Å²) >= 11 is 0. The van der Waals surface area contributed by atoms with Crippen LogP contribution >= 0.6 is 0 Å². The molecule has 0 aromatic heterocycles. The number of nitrogens with one attached hydrogen (secondary N) is 1. The highest BCUT2D eigenvalue weighted by molar-refractivity contribution is 5.77. The van der Waals surface area contributed by atoms with Gasteiger partial charge in [-0.3, -0.25) is 14.9 Å². The van der Waals surface area contributed by atoms with Crippen LogP contribution in [0.1, 0.15) is 13.3 Å². The number of aliphatic carboxylic acids is 1. The first-order valence-corrected chi connectivity index (χ1v) is 8.78. The Hall–Kier alpha value is -2.84. The maximum absolute atomic E-state index is 12.0. The van der Waals surface area contributed by atoms with Crippen molar-refractivity contribution >= 4 is 17.6 Å². The molecule has 1 saturated heterocycles. The first-order valence-electron chi connectivity index (χ1n) is 8.78. The minimum Gasteiger partial charge on any atom is -0.476 e. The van der Waals surface area contributed by atoms with Crippen LogP contribution < -0.4 is 10.1 Å². The molecule has 13 nitrogen and oxygen atoms in total. The van der Waals surface area contributed by atoms with Crippen LogP contribution in [0.25, 0.3) is 0 Å². The molecule has 6 unspecified atom stereocenters. The number of nitrogens with zero attached hydrogens (tertiary/aromatic N) is 1. The van der Waals surface area contributed by atoms with Gasteiger partial charge in [-0.25, -0.2) is 4.79 Å². The second-order valence-electron chi connectivity index (χ2n) is 6.71. The van der Waals surface area contributed by atoms with Crippen molar-refractivity contribution in [2.24, 2.45) is 0 Å². The quantitative estimate of drug-likeness (QED) is 0.199. The number of nitro benzene ring substituents is 1. The van der Waals surface area contributed by atoms with Gasteiger partial charge in [-0.1, -0.05) is 12.1 Å². The third-order valence-electron chi connectivity index (χ3n) is 4.52. The van der Waals surface area contributed by atoms with Crippen molar-refractivity contribution in [2.75, 3.05) is 6.61 Å². The zero-order valence-electron chi connectivity index (χ0n) is 15.7. The Kier molecular flexibility index (Phi) is 7.28. The van der Waals surface area contributed by atoms with Gasteiger partial charge in [0.15, 0.2) is 0 Å². The highest BCUT2D eigenvalue weighted by Gasteiger charge is 2.57. The number of aliphatic hydroxyl groups excluding tert-OH is 4. The van der Waals surface area contributed by atoms with Crippen molar-refractivity contribution in [2.45, 2.75) is 49.6 Å². The lowest BCUT2D eigenvalue weighted by Gasteiger charge is -2.46. The lowest BCUT2D eigenvalue weighted by Crippen LogP contribution is -2.68. The Balaban J connectivity index is 2.49. The van der Waals surface area contributed by atoms with Gasteiger partial charge in [0.1, 0.15) is 18.3 Å². The normalized spacial score (nSPS) is 28.2. The van der Waals surface area contributed by atoms with E-state index < -0.39 is 77.5 Å². The average Bonchev–Trinajstić information content (AvgIpc) is 2.68. The molecule has 13 heteroatoms. The summed E-state index contributed by atoms with van der Waals surface area (Å²) in [6, 6.07) is 3.48. The van der Waals surface area contributed by atoms with E-state index in [-0.39, 0.29) is 0 Å². The maximum Gasteiger partial charge on any atom is 0.377 e. The Labute approximate surface area is 169 Å².